The lowest BCUT2D eigenvalue weighted by Gasteiger charge is -2.11. The second kappa shape index (κ2) is 7.23. The zero-order valence-electron chi connectivity index (χ0n) is 10.8. The van der Waals surface area contributed by atoms with Crippen LogP contribution in [0.1, 0.15) is 13.3 Å². The van der Waals surface area contributed by atoms with Crippen LogP contribution in [0.25, 0.3) is 0 Å². The topological polar surface area (TPSA) is 67.4 Å². The smallest absolute Gasteiger partial charge is 0.234 e. The normalized spacial score (nSPS) is 11.2. The van der Waals surface area contributed by atoms with Crippen molar-refractivity contribution in [1.82, 2.24) is 5.32 Å². The Bertz CT molecular complexity index is 460. The maximum atomic E-state index is 11.8. The molecule has 0 saturated heterocycles. The van der Waals surface area contributed by atoms with E-state index in [9.17, 15) is 8.42 Å². The summed E-state index contributed by atoms with van der Waals surface area (Å²) in [6, 6.07) is 6.94. The minimum Gasteiger partial charge on any atom is -0.495 e. The molecule has 1 rings (SSSR count). The highest BCUT2D eigenvalue weighted by Gasteiger charge is 2.12. The lowest BCUT2D eigenvalue weighted by atomic mass is 10.3. The van der Waals surface area contributed by atoms with Gasteiger partial charge in [0.25, 0.3) is 0 Å². The van der Waals surface area contributed by atoms with E-state index >= 15 is 0 Å². The number of para-hydroxylation sites is 2. The fraction of sp³-hybridized carbons (Fsp3) is 0.500. The predicted molar refractivity (Wildman–Crippen MR) is 73.6 cm³/mol. The Morgan fingerprint density at radius 3 is 2.61 bits per heavy atom. The molecule has 5 nitrogen and oxygen atoms in total. The van der Waals surface area contributed by atoms with Gasteiger partial charge in [-0.05, 0) is 25.1 Å². The van der Waals surface area contributed by atoms with E-state index in [0.29, 0.717) is 18.0 Å². The van der Waals surface area contributed by atoms with Crippen LogP contribution < -0.4 is 14.8 Å². The fourth-order valence-electron chi connectivity index (χ4n) is 1.46. The first-order valence-corrected chi connectivity index (χ1v) is 7.58. The molecule has 0 fully saturated rings. The molecule has 18 heavy (non-hydrogen) atoms. The van der Waals surface area contributed by atoms with Crippen LogP contribution >= 0.6 is 0 Å². The summed E-state index contributed by atoms with van der Waals surface area (Å²) in [5, 5.41) is 3.06. The number of benzene rings is 1. The number of hydrogen-bond acceptors (Lipinski definition) is 4. The molecule has 0 aliphatic rings. The molecule has 0 bridgehead atoms. The van der Waals surface area contributed by atoms with Gasteiger partial charge in [-0.15, -0.1) is 0 Å². The summed E-state index contributed by atoms with van der Waals surface area (Å²) in [4.78, 5) is 0. The Labute approximate surface area is 109 Å². The van der Waals surface area contributed by atoms with E-state index in [2.05, 4.69) is 10.0 Å². The number of rotatable bonds is 8. The summed E-state index contributed by atoms with van der Waals surface area (Å²) in [5.41, 5.74) is 0.468. The zero-order valence-corrected chi connectivity index (χ0v) is 11.6. The molecular formula is C12H20N2O3S. The van der Waals surface area contributed by atoms with Crippen LogP contribution in [0.2, 0.25) is 0 Å². The van der Waals surface area contributed by atoms with Gasteiger partial charge in [0.15, 0.2) is 0 Å². The van der Waals surface area contributed by atoms with Crippen molar-refractivity contribution in [3.05, 3.63) is 24.3 Å². The average Bonchev–Trinajstić information content (AvgIpc) is 2.35. The molecule has 0 unspecified atom stereocenters. The average molecular weight is 272 g/mol. The summed E-state index contributed by atoms with van der Waals surface area (Å²) < 4.78 is 31.3. The van der Waals surface area contributed by atoms with Gasteiger partial charge in [-0.3, -0.25) is 4.72 Å². The molecule has 6 heteroatoms. The van der Waals surface area contributed by atoms with Crippen molar-refractivity contribution in [2.24, 2.45) is 0 Å². The van der Waals surface area contributed by atoms with Crippen LogP contribution in [0.15, 0.2) is 24.3 Å². The molecule has 0 aliphatic carbocycles. The number of anilines is 1. The summed E-state index contributed by atoms with van der Waals surface area (Å²) in [6.45, 7) is 3.30. The van der Waals surface area contributed by atoms with Gasteiger partial charge in [0, 0.05) is 6.54 Å². The van der Waals surface area contributed by atoms with Gasteiger partial charge in [-0.25, -0.2) is 8.42 Å². The zero-order chi connectivity index (χ0) is 13.4. The maximum Gasteiger partial charge on any atom is 0.234 e. The van der Waals surface area contributed by atoms with E-state index in [1.807, 2.05) is 6.92 Å². The van der Waals surface area contributed by atoms with Crippen molar-refractivity contribution in [3.8, 4) is 5.75 Å². The molecule has 0 aliphatic heterocycles. The third kappa shape index (κ3) is 4.93. The molecule has 1 aromatic rings. The number of ether oxygens (including phenoxy) is 1. The van der Waals surface area contributed by atoms with Crippen LogP contribution in [0.5, 0.6) is 5.75 Å². The molecule has 0 radical (unpaired) electrons. The Balaban J connectivity index is 2.59. The predicted octanol–water partition coefficient (Wildman–Crippen LogP) is 1.44. The molecule has 0 amide bonds. The minimum atomic E-state index is -3.34. The van der Waals surface area contributed by atoms with Gasteiger partial charge in [0.1, 0.15) is 5.75 Å². The molecule has 0 atom stereocenters. The summed E-state index contributed by atoms with van der Waals surface area (Å²) in [6.07, 6.45) is 0.986. The van der Waals surface area contributed by atoms with Gasteiger partial charge in [0.2, 0.25) is 10.0 Å². The molecule has 0 heterocycles. The first kappa shape index (κ1) is 14.8. The third-order valence-corrected chi connectivity index (χ3v) is 3.62. The quantitative estimate of drug-likeness (QED) is 0.703. The van der Waals surface area contributed by atoms with E-state index < -0.39 is 10.0 Å². The molecule has 1 aromatic carbocycles. The highest BCUT2D eigenvalue weighted by Crippen LogP contribution is 2.23. The SMILES string of the molecule is CCCNCCS(=O)(=O)Nc1ccccc1OC. The Morgan fingerprint density at radius 1 is 1.22 bits per heavy atom. The van der Waals surface area contributed by atoms with Crippen molar-refractivity contribution in [3.63, 3.8) is 0 Å². The lowest BCUT2D eigenvalue weighted by molar-refractivity contribution is 0.417. The second-order valence-electron chi connectivity index (χ2n) is 3.87. The van der Waals surface area contributed by atoms with Gasteiger partial charge in [0.05, 0.1) is 18.6 Å². The summed E-state index contributed by atoms with van der Waals surface area (Å²) in [5.74, 6) is 0.563. The van der Waals surface area contributed by atoms with Crippen LogP contribution in [-0.4, -0.2) is 34.4 Å². The van der Waals surface area contributed by atoms with Crippen molar-refractivity contribution < 1.29 is 13.2 Å². The first-order valence-electron chi connectivity index (χ1n) is 5.93. The van der Waals surface area contributed by atoms with Gasteiger partial charge in [-0.1, -0.05) is 19.1 Å². The van der Waals surface area contributed by atoms with Gasteiger partial charge < -0.3 is 10.1 Å². The van der Waals surface area contributed by atoms with Crippen LogP contribution in [-0.2, 0) is 10.0 Å². The van der Waals surface area contributed by atoms with E-state index in [1.54, 1.807) is 24.3 Å². The van der Waals surface area contributed by atoms with E-state index in [-0.39, 0.29) is 5.75 Å². The van der Waals surface area contributed by atoms with Crippen molar-refractivity contribution in [2.75, 3.05) is 30.7 Å². The molecule has 2 N–H and O–H groups in total. The summed E-state index contributed by atoms with van der Waals surface area (Å²) in [7, 11) is -1.83. The number of methoxy groups -OCH3 is 1. The third-order valence-electron chi connectivity index (χ3n) is 2.35. The fourth-order valence-corrected chi connectivity index (χ4v) is 2.47. The first-order chi connectivity index (χ1) is 8.59. The molecule has 0 aromatic heterocycles. The Kier molecular flexibility index (Phi) is 5.94. The van der Waals surface area contributed by atoms with E-state index in [0.717, 1.165) is 13.0 Å². The minimum absolute atomic E-state index is 0.0467. The number of nitrogens with one attached hydrogen (secondary N) is 2. The molecule has 0 saturated carbocycles. The summed E-state index contributed by atoms with van der Waals surface area (Å²) >= 11 is 0. The number of sulfonamides is 1. The Hall–Kier alpha value is -1.27. The highest BCUT2D eigenvalue weighted by atomic mass is 32.2. The van der Waals surface area contributed by atoms with E-state index in [4.69, 9.17) is 4.74 Å². The van der Waals surface area contributed by atoms with Crippen molar-refractivity contribution >= 4 is 15.7 Å². The van der Waals surface area contributed by atoms with Crippen LogP contribution in [0, 0.1) is 0 Å². The molecule has 0 spiro atoms. The maximum absolute atomic E-state index is 11.8. The van der Waals surface area contributed by atoms with Crippen LogP contribution in [0.4, 0.5) is 5.69 Å². The second-order valence-corrected chi connectivity index (χ2v) is 5.71. The van der Waals surface area contributed by atoms with Crippen molar-refractivity contribution in [2.45, 2.75) is 13.3 Å². The highest BCUT2D eigenvalue weighted by molar-refractivity contribution is 7.92. The largest absolute Gasteiger partial charge is 0.495 e. The van der Waals surface area contributed by atoms with E-state index in [1.165, 1.54) is 7.11 Å². The molecule has 102 valence electrons. The van der Waals surface area contributed by atoms with Gasteiger partial charge >= 0.3 is 0 Å². The van der Waals surface area contributed by atoms with Crippen LogP contribution in [0.3, 0.4) is 0 Å². The lowest BCUT2D eigenvalue weighted by Crippen LogP contribution is -2.27. The van der Waals surface area contributed by atoms with Crippen molar-refractivity contribution in [1.29, 1.82) is 0 Å². The molecular weight excluding hydrogens is 252 g/mol. The monoisotopic (exact) mass is 272 g/mol. The number of hydrogen-bond donors (Lipinski definition) is 2. The Morgan fingerprint density at radius 2 is 1.94 bits per heavy atom. The van der Waals surface area contributed by atoms with Gasteiger partial charge in [-0.2, -0.15) is 0 Å². The standard InChI is InChI=1S/C12H20N2O3S/c1-3-8-13-9-10-18(15,16)14-11-6-4-5-7-12(11)17-2/h4-7,13-14H,3,8-10H2,1-2H3.